The molecule has 0 bridgehead atoms. The number of benzene rings is 1. The maximum atomic E-state index is 13.1. The van der Waals surface area contributed by atoms with Crippen molar-refractivity contribution in [1.82, 2.24) is 4.90 Å². The molecule has 2 fully saturated rings. The molecule has 3 amide bonds. The highest BCUT2D eigenvalue weighted by Gasteiger charge is 2.73. The highest BCUT2D eigenvalue weighted by atomic mass is 35.5. The Labute approximate surface area is 149 Å². The van der Waals surface area contributed by atoms with Crippen molar-refractivity contribution < 1.29 is 24.4 Å². The van der Waals surface area contributed by atoms with E-state index in [0.29, 0.717) is 16.3 Å². The van der Waals surface area contributed by atoms with Crippen molar-refractivity contribution in [2.24, 2.45) is 11.8 Å². The minimum absolute atomic E-state index is 0.190. The topological polar surface area (TPSA) is 92.3 Å². The van der Waals surface area contributed by atoms with E-state index in [4.69, 9.17) is 16.3 Å². The van der Waals surface area contributed by atoms with Crippen LogP contribution in [0.15, 0.2) is 18.2 Å². The zero-order chi connectivity index (χ0) is 17.9. The number of hydrogen-bond acceptors (Lipinski definition) is 4. The quantitative estimate of drug-likeness (QED) is 0.720. The van der Waals surface area contributed by atoms with E-state index in [0.717, 1.165) is 0 Å². The molecule has 0 saturated carbocycles. The zero-order valence-corrected chi connectivity index (χ0v) is 14.7. The van der Waals surface area contributed by atoms with Crippen LogP contribution in [0.3, 0.4) is 0 Å². The average molecular weight is 365 g/mol. The van der Waals surface area contributed by atoms with Crippen molar-refractivity contribution in [1.29, 1.82) is 0 Å². The van der Waals surface area contributed by atoms with Crippen molar-refractivity contribution >= 4 is 35.0 Å². The third-order valence-electron chi connectivity index (χ3n) is 5.62. The lowest BCUT2D eigenvalue weighted by Crippen LogP contribution is -2.98. The molecular weight excluding hydrogens is 346 g/mol. The number of ether oxygens (including phenoxy) is 1. The number of rotatable bonds is 3. The largest absolute Gasteiger partial charge is 0.383 e. The first-order valence-corrected chi connectivity index (χ1v) is 8.62. The van der Waals surface area contributed by atoms with E-state index >= 15 is 0 Å². The lowest BCUT2D eigenvalue weighted by atomic mass is 9.76. The summed E-state index contributed by atoms with van der Waals surface area (Å²) in [5.41, 5.74) is 0.0757. The van der Waals surface area contributed by atoms with E-state index in [9.17, 15) is 14.4 Å². The number of nitrogens with two attached hydrogens (primary N) is 1. The first-order valence-electron chi connectivity index (χ1n) is 8.24. The van der Waals surface area contributed by atoms with Gasteiger partial charge in [-0.05, 0) is 19.1 Å². The highest BCUT2D eigenvalue weighted by molar-refractivity contribution is 6.35. The molecule has 3 N–H and O–H groups in total. The van der Waals surface area contributed by atoms with E-state index in [-0.39, 0.29) is 36.9 Å². The van der Waals surface area contributed by atoms with Crippen LogP contribution < -0.4 is 10.6 Å². The number of anilines is 1. The third kappa shape index (κ3) is 1.97. The van der Waals surface area contributed by atoms with Gasteiger partial charge in [0.2, 0.25) is 17.4 Å². The molecule has 0 aromatic heterocycles. The molecule has 2 saturated heterocycles. The monoisotopic (exact) mass is 364 g/mol. The summed E-state index contributed by atoms with van der Waals surface area (Å²) in [6.45, 7) is 2.36. The van der Waals surface area contributed by atoms with Crippen LogP contribution in [0.25, 0.3) is 0 Å². The summed E-state index contributed by atoms with van der Waals surface area (Å²) in [5, 5.41) is 5.10. The van der Waals surface area contributed by atoms with Gasteiger partial charge in [0.1, 0.15) is 11.8 Å². The molecule has 4 atom stereocenters. The zero-order valence-electron chi connectivity index (χ0n) is 13.9. The molecule has 3 heterocycles. The molecule has 4 rings (SSSR count). The molecular formula is C17H19ClN3O4+. The number of hydrogen-bond donors (Lipinski definition) is 2. The number of quaternary nitrogens is 1. The van der Waals surface area contributed by atoms with Crippen molar-refractivity contribution in [3.8, 4) is 0 Å². The number of likely N-dealkylation sites (tertiary alicyclic amines) is 1. The summed E-state index contributed by atoms with van der Waals surface area (Å²) in [7, 11) is 1.52. The minimum atomic E-state index is -1.14. The van der Waals surface area contributed by atoms with Gasteiger partial charge in [-0.3, -0.25) is 19.3 Å². The lowest BCUT2D eigenvalue weighted by molar-refractivity contribution is -0.730. The summed E-state index contributed by atoms with van der Waals surface area (Å²) in [5.74, 6) is -2.08. The number of nitrogens with zero attached hydrogens (tertiary/aromatic N) is 1. The number of halogens is 1. The van der Waals surface area contributed by atoms with Gasteiger partial charge in [-0.2, -0.15) is 0 Å². The van der Waals surface area contributed by atoms with E-state index in [1.54, 1.807) is 18.2 Å². The first kappa shape index (κ1) is 16.5. The number of amides is 3. The van der Waals surface area contributed by atoms with Gasteiger partial charge in [-0.25, -0.2) is 0 Å². The number of fused-ring (bicyclic) bond motifs is 4. The summed E-state index contributed by atoms with van der Waals surface area (Å²) in [4.78, 5) is 40.1. The van der Waals surface area contributed by atoms with Gasteiger partial charge >= 0.3 is 0 Å². The molecule has 7 nitrogen and oxygen atoms in total. The van der Waals surface area contributed by atoms with Crippen molar-refractivity contribution in [2.75, 3.05) is 25.6 Å². The van der Waals surface area contributed by atoms with Crippen molar-refractivity contribution in [2.45, 2.75) is 18.5 Å². The number of methoxy groups -OCH3 is 1. The summed E-state index contributed by atoms with van der Waals surface area (Å²) >= 11 is 6.23. The molecule has 1 aromatic carbocycles. The van der Waals surface area contributed by atoms with Gasteiger partial charge in [-0.15, -0.1) is 0 Å². The second kappa shape index (κ2) is 5.52. The number of carbonyl (C=O) groups is 3. The molecule has 1 aromatic rings. The van der Waals surface area contributed by atoms with Gasteiger partial charge in [0.15, 0.2) is 0 Å². The fraction of sp³-hybridized carbons (Fsp3) is 0.471. The molecule has 132 valence electrons. The Morgan fingerprint density at radius 3 is 2.80 bits per heavy atom. The van der Waals surface area contributed by atoms with Gasteiger partial charge in [0.25, 0.3) is 5.91 Å². The predicted molar refractivity (Wildman–Crippen MR) is 88.7 cm³/mol. The van der Waals surface area contributed by atoms with Crippen LogP contribution in [0.2, 0.25) is 5.02 Å². The smallest absolute Gasteiger partial charge is 0.291 e. The van der Waals surface area contributed by atoms with E-state index < -0.39 is 17.4 Å². The van der Waals surface area contributed by atoms with Crippen LogP contribution in [0.1, 0.15) is 12.5 Å². The maximum absolute atomic E-state index is 13.1. The van der Waals surface area contributed by atoms with Crippen LogP contribution in [0.4, 0.5) is 5.69 Å². The molecule has 0 aliphatic carbocycles. The van der Waals surface area contributed by atoms with Crippen LogP contribution >= 0.6 is 11.6 Å². The molecule has 8 heteroatoms. The van der Waals surface area contributed by atoms with Crippen LogP contribution in [-0.4, -0.2) is 48.9 Å². The normalized spacial score (nSPS) is 33.2. The second-order valence-electron chi connectivity index (χ2n) is 6.84. The molecule has 1 spiro atoms. The van der Waals surface area contributed by atoms with Crippen molar-refractivity contribution in [3.05, 3.63) is 28.8 Å². The molecule has 25 heavy (non-hydrogen) atoms. The third-order valence-corrected chi connectivity index (χ3v) is 5.93. The van der Waals surface area contributed by atoms with E-state index in [2.05, 4.69) is 5.32 Å². The van der Waals surface area contributed by atoms with Gasteiger partial charge in [0, 0.05) is 12.7 Å². The van der Waals surface area contributed by atoms with Gasteiger partial charge < -0.3 is 15.4 Å². The Morgan fingerprint density at radius 2 is 2.08 bits per heavy atom. The average Bonchev–Trinajstić information content (AvgIpc) is 3.13. The standard InChI is InChI=1S/C17H18ClN3O4/c1-8-11-12(15(23)21(14(11)22)6-7-25-2)17(20-8)9-4-3-5-10(18)13(9)19-16(17)24/h3-5,8,11-12,20H,6-7H2,1-2H3,(H,19,24)/p+1/t8-,11+,12-,17+/m0/s1. The van der Waals surface area contributed by atoms with Gasteiger partial charge in [0.05, 0.1) is 29.9 Å². The van der Waals surface area contributed by atoms with Crippen LogP contribution in [0.5, 0.6) is 0 Å². The SMILES string of the molecule is COCCN1C(=O)[C@@H]2[C@H](C)[NH2+][C@@]3(C(=O)Nc4c(Cl)cccc43)[C@@H]2C1=O. The Bertz CT molecular complexity index is 798. The van der Waals surface area contributed by atoms with Crippen LogP contribution in [-0.2, 0) is 24.7 Å². The molecule has 3 aliphatic heterocycles. The highest BCUT2D eigenvalue weighted by Crippen LogP contribution is 2.50. The van der Waals surface area contributed by atoms with E-state index in [1.165, 1.54) is 12.0 Å². The summed E-state index contributed by atoms with van der Waals surface area (Å²) < 4.78 is 5.01. The molecule has 3 aliphatic rings. The second-order valence-corrected chi connectivity index (χ2v) is 7.24. The number of para-hydroxylation sites is 1. The summed E-state index contributed by atoms with van der Waals surface area (Å²) in [6, 6.07) is 5.08. The fourth-order valence-corrected chi connectivity index (χ4v) is 4.82. The molecule has 0 unspecified atom stereocenters. The Kier molecular flexibility index (Phi) is 3.64. The maximum Gasteiger partial charge on any atom is 0.291 e. The number of nitrogens with one attached hydrogen (secondary N) is 1. The predicted octanol–water partition coefficient (Wildman–Crippen LogP) is -0.299. The van der Waals surface area contributed by atoms with Gasteiger partial charge in [-0.1, -0.05) is 17.7 Å². The molecule has 0 radical (unpaired) electrons. The Balaban J connectivity index is 1.84. The lowest BCUT2D eigenvalue weighted by Gasteiger charge is -2.25. The number of imide groups is 1. The Hall–Kier alpha value is -1.96. The fourth-order valence-electron chi connectivity index (χ4n) is 4.59. The first-order chi connectivity index (χ1) is 11.9. The van der Waals surface area contributed by atoms with Crippen LogP contribution in [0, 0.1) is 11.8 Å². The number of carbonyl (C=O) groups excluding carboxylic acids is 3. The van der Waals surface area contributed by atoms with Crippen molar-refractivity contribution in [3.63, 3.8) is 0 Å². The summed E-state index contributed by atoms with van der Waals surface area (Å²) in [6.07, 6.45) is 0. The van der Waals surface area contributed by atoms with E-state index in [1.807, 2.05) is 12.2 Å². The minimum Gasteiger partial charge on any atom is -0.383 e. The Morgan fingerprint density at radius 1 is 1.32 bits per heavy atom.